The molecular weight excluding hydrogens is 337 g/mol. The van der Waals surface area contributed by atoms with Crippen LogP contribution in [0.15, 0.2) is 24.3 Å². The number of carbonyl (C=O) groups excluding carboxylic acids is 4. The van der Waals surface area contributed by atoms with E-state index in [0.717, 1.165) is 7.11 Å². The minimum absolute atomic E-state index is 0. The number of methoxy groups -OCH3 is 1. The summed E-state index contributed by atoms with van der Waals surface area (Å²) >= 11 is 0. The third-order valence-electron chi connectivity index (χ3n) is 3.20. The molecule has 2 amide bonds. The Hall–Kier alpha value is -1.44. The van der Waals surface area contributed by atoms with Crippen LogP contribution in [0.2, 0.25) is 0 Å². The van der Waals surface area contributed by atoms with Crippen LogP contribution in [-0.2, 0) is 23.9 Å². The van der Waals surface area contributed by atoms with Gasteiger partial charge in [-0.3, -0.25) is 14.5 Å². The second kappa shape index (κ2) is 14.9. The van der Waals surface area contributed by atoms with E-state index in [-0.39, 0.29) is 42.4 Å². The van der Waals surface area contributed by atoms with Gasteiger partial charge in [0.15, 0.2) is 0 Å². The molecule has 0 aliphatic heterocycles. The molecule has 0 aromatic carbocycles. The van der Waals surface area contributed by atoms with Crippen LogP contribution in [0.3, 0.4) is 0 Å². The first-order chi connectivity index (χ1) is 11.4. The molecule has 0 bridgehead atoms. The van der Waals surface area contributed by atoms with Gasteiger partial charge in [0.1, 0.15) is 6.04 Å². The molecule has 0 saturated carbocycles. The number of hydrogen-bond acceptors (Lipinski definition) is 6. The van der Waals surface area contributed by atoms with E-state index in [4.69, 9.17) is 0 Å². The fourth-order valence-electron chi connectivity index (χ4n) is 2.05. The molecule has 7 nitrogen and oxygen atoms in total. The van der Waals surface area contributed by atoms with Gasteiger partial charge in [-0.25, -0.2) is 4.79 Å². The number of aliphatic carboxylic acids is 1. The molecule has 1 unspecified atom stereocenters. The molecule has 0 saturated heterocycles. The molecule has 0 N–H and O–H groups in total. The van der Waals surface area contributed by atoms with E-state index in [1.54, 1.807) is 38.2 Å². The Labute approximate surface area is 170 Å². The fourth-order valence-corrected chi connectivity index (χ4v) is 2.05. The van der Waals surface area contributed by atoms with Crippen molar-refractivity contribution >= 4 is 23.8 Å². The average molecular weight is 361 g/mol. The standard InChI is InChI=1S/C17H25NO6.Na/c1-4-6-8-10-14(19)18(15(20)11-9-7-5-2)13(12-16(21)22)17(23)24-3;/h4-7,13H,8-12H2,1-3H3,(H,21,22);/q;+1/p-1/b6-4+,7-5+;. The van der Waals surface area contributed by atoms with Crippen molar-refractivity contribution in [1.82, 2.24) is 4.90 Å². The van der Waals surface area contributed by atoms with Gasteiger partial charge in [-0.2, -0.15) is 0 Å². The Morgan fingerprint density at radius 1 is 1.00 bits per heavy atom. The number of imide groups is 1. The Bertz CT molecular complexity index is 487. The summed E-state index contributed by atoms with van der Waals surface area (Å²) in [7, 11) is 1.07. The maximum atomic E-state index is 12.4. The van der Waals surface area contributed by atoms with Crippen LogP contribution in [0.25, 0.3) is 0 Å². The van der Waals surface area contributed by atoms with Crippen molar-refractivity contribution in [2.24, 2.45) is 0 Å². The summed E-state index contributed by atoms with van der Waals surface area (Å²) in [6.45, 7) is 3.58. The molecule has 0 aromatic rings. The summed E-state index contributed by atoms with van der Waals surface area (Å²) in [5.41, 5.74) is 0. The zero-order chi connectivity index (χ0) is 18.5. The molecule has 0 aliphatic carbocycles. The topological polar surface area (TPSA) is 104 Å². The number of carboxylic acids is 1. The van der Waals surface area contributed by atoms with E-state index in [2.05, 4.69) is 4.74 Å². The number of hydrogen-bond donors (Lipinski definition) is 0. The molecule has 0 heterocycles. The first-order valence-corrected chi connectivity index (χ1v) is 7.73. The third-order valence-corrected chi connectivity index (χ3v) is 3.20. The van der Waals surface area contributed by atoms with Crippen molar-refractivity contribution in [3.63, 3.8) is 0 Å². The van der Waals surface area contributed by atoms with Crippen LogP contribution >= 0.6 is 0 Å². The van der Waals surface area contributed by atoms with E-state index in [9.17, 15) is 24.3 Å². The maximum Gasteiger partial charge on any atom is 1.00 e. The second-order valence-electron chi connectivity index (χ2n) is 4.99. The molecule has 0 radical (unpaired) electrons. The van der Waals surface area contributed by atoms with Crippen molar-refractivity contribution in [3.05, 3.63) is 24.3 Å². The van der Waals surface area contributed by atoms with E-state index in [1.807, 2.05) is 0 Å². The Morgan fingerprint density at radius 3 is 1.76 bits per heavy atom. The van der Waals surface area contributed by atoms with Gasteiger partial charge in [0.2, 0.25) is 11.8 Å². The van der Waals surface area contributed by atoms with Gasteiger partial charge in [-0.1, -0.05) is 24.3 Å². The Morgan fingerprint density at radius 2 is 1.44 bits per heavy atom. The van der Waals surface area contributed by atoms with Crippen molar-refractivity contribution in [2.45, 2.75) is 52.0 Å². The molecule has 1 atom stereocenters. The van der Waals surface area contributed by atoms with E-state index >= 15 is 0 Å². The number of nitrogens with zero attached hydrogens (tertiary/aromatic N) is 1. The normalized spacial score (nSPS) is 11.8. The minimum atomic E-state index is -1.54. The molecule has 134 valence electrons. The van der Waals surface area contributed by atoms with E-state index in [0.29, 0.717) is 17.7 Å². The average Bonchev–Trinajstić information content (AvgIpc) is 2.53. The number of amides is 2. The molecule has 0 aliphatic rings. The maximum absolute atomic E-state index is 12.4. The van der Waals surface area contributed by atoms with Gasteiger partial charge >= 0.3 is 35.5 Å². The van der Waals surface area contributed by atoms with Crippen molar-refractivity contribution in [2.75, 3.05) is 7.11 Å². The minimum Gasteiger partial charge on any atom is -0.550 e. The second-order valence-corrected chi connectivity index (χ2v) is 4.99. The summed E-state index contributed by atoms with van der Waals surface area (Å²) in [6, 6.07) is -1.52. The summed E-state index contributed by atoms with van der Waals surface area (Å²) in [5, 5.41) is 10.9. The van der Waals surface area contributed by atoms with Crippen LogP contribution < -0.4 is 34.7 Å². The Kier molecular flexibility index (Phi) is 15.3. The number of ether oxygens (including phenoxy) is 1. The smallest absolute Gasteiger partial charge is 0.550 e. The number of esters is 1. The van der Waals surface area contributed by atoms with Crippen LogP contribution in [-0.4, -0.2) is 41.8 Å². The predicted octanol–water partition coefficient (Wildman–Crippen LogP) is -2.26. The molecule has 0 rings (SSSR count). The van der Waals surface area contributed by atoms with Crippen LogP contribution in [0.4, 0.5) is 0 Å². The zero-order valence-corrected chi connectivity index (χ0v) is 17.3. The molecule has 8 heteroatoms. The monoisotopic (exact) mass is 361 g/mol. The number of carboxylic acid groups (broad SMARTS) is 1. The number of carbonyl (C=O) groups is 4. The van der Waals surface area contributed by atoms with Gasteiger partial charge in [-0.05, 0) is 26.7 Å². The van der Waals surface area contributed by atoms with Gasteiger partial charge < -0.3 is 14.6 Å². The number of rotatable bonds is 10. The zero-order valence-electron chi connectivity index (χ0n) is 15.3. The van der Waals surface area contributed by atoms with Crippen LogP contribution in [0, 0.1) is 0 Å². The molecule has 0 spiro atoms. The largest absolute Gasteiger partial charge is 1.00 e. The summed E-state index contributed by atoms with van der Waals surface area (Å²) in [5.74, 6) is -3.73. The molecule has 0 fully saturated rings. The van der Waals surface area contributed by atoms with E-state index in [1.165, 1.54) is 0 Å². The van der Waals surface area contributed by atoms with Gasteiger partial charge in [0.05, 0.1) is 7.11 Å². The van der Waals surface area contributed by atoms with Crippen molar-refractivity contribution < 1.29 is 58.6 Å². The fraction of sp³-hybridized carbons (Fsp3) is 0.529. The summed E-state index contributed by atoms with van der Waals surface area (Å²) in [6.07, 6.45) is 6.94. The van der Waals surface area contributed by atoms with Gasteiger partial charge in [0, 0.05) is 25.2 Å². The van der Waals surface area contributed by atoms with Crippen molar-refractivity contribution in [3.8, 4) is 0 Å². The summed E-state index contributed by atoms with van der Waals surface area (Å²) < 4.78 is 4.54. The first-order valence-electron chi connectivity index (χ1n) is 7.73. The SMILES string of the molecule is C/C=C/CCC(=O)N(C(=O)CC/C=C/C)C(CC(=O)[O-])C(=O)OC.[Na+]. The predicted molar refractivity (Wildman–Crippen MR) is 85.4 cm³/mol. The van der Waals surface area contributed by atoms with E-state index < -0.39 is 36.2 Å². The molecular formula is C17H24NNaO6. The first kappa shape index (κ1) is 25.8. The van der Waals surface area contributed by atoms with Gasteiger partial charge in [0.25, 0.3) is 0 Å². The quantitative estimate of drug-likeness (QED) is 0.247. The molecule has 0 aromatic heterocycles. The van der Waals surface area contributed by atoms with Crippen LogP contribution in [0.1, 0.15) is 46.0 Å². The van der Waals surface area contributed by atoms with Gasteiger partial charge in [-0.15, -0.1) is 0 Å². The number of allylic oxidation sites excluding steroid dienone is 4. The Balaban J connectivity index is 0. The molecule has 25 heavy (non-hydrogen) atoms. The summed E-state index contributed by atoms with van der Waals surface area (Å²) in [4.78, 5) is 48.2. The van der Waals surface area contributed by atoms with Crippen molar-refractivity contribution in [1.29, 1.82) is 0 Å². The third kappa shape index (κ3) is 10.2. The van der Waals surface area contributed by atoms with Crippen LogP contribution in [0.5, 0.6) is 0 Å².